The van der Waals surface area contributed by atoms with Gasteiger partial charge in [0.15, 0.2) is 0 Å². The predicted molar refractivity (Wildman–Crippen MR) is 41.0 cm³/mol. The van der Waals surface area contributed by atoms with E-state index in [9.17, 15) is 0 Å². The van der Waals surface area contributed by atoms with Crippen molar-refractivity contribution in [2.24, 2.45) is 0 Å². The number of hydrogen-bond donors (Lipinski definition) is 2. The molecular formula is C7H16N2OV. The molecule has 0 bridgehead atoms. The third-order valence-electron chi connectivity index (χ3n) is 1.84. The molecule has 0 aliphatic carbocycles. The predicted octanol–water partition coefficient (Wildman–Crippen LogP) is -0.728. The van der Waals surface area contributed by atoms with E-state index in [-0.39, 0.29) is 18.6 Å². The molecule has 0 amide bonds. The van der Waals surface area contributed by atoms with Crippen LogP contribution in [0, 0.1) is 0 Å². The van der Waals surface area contributed by atoms with E-state index in [2.05, 4.69) is 10.2 Å². The minimum Gasteiger partial charge on any atom is -0.396 e. The van der Waals surface area contributed by atoms with E-state index in [0.29, 0.717) is 6.61 Å². The van der Waals surface area contributed by atoms with Crippen LogP contribution in [-0.2, 0) is 18.6 Å². The second kappa shape index (κ2) is 7.13. The van der Waals surface area contributed by atoms with E-state index >= 15 is 0 Å². The van der Waals surface area contributed by atoms with Crippen molar-refractivity contribution in [3.8, 4) is 0 Å². The molecule has 1 aliphatic rings. The first-order valence-corrected chi connectivity index (χ1v) is 3.97. The molecule has 1 heterocycles. The molecular weight excluding hydrogens is 179 g/mol. The summed E-state index contributed by atoms with van der Waals surface area (Å²) in [6.07, 6.45) is 0.917. The Morgan fingerprint density at radius 1 is 1.27 bits per heavy atom. The zero-order valence-corrected chi connectivity index (χ0v) is 8.19. The molecule has 2 N–H and O–H groups in total. The standard InChI is InChI=1S/C7H16N2O.V/c10-7-1-4-9-5-2-8-3-6-9;/h8,10H,1-7H2;. The molecule has 1 radical (unpaired) electrons. The molecule has 0 spiro atoms. The van der Waals surface area contributed by atoms with Crippen LogP contribution in [0.1, 0.15) is 6.42 Å². The van der Waals surface area contributed by atoms with Crippen molar-refractivity contribution < 1.29 is 23.7 Å². The molecule has 0 aromatic carbocycles. The van der Waals surface area contributed by atoms with E-state index < -0.39 is 0 Å². The number of nitrogens with zero attached hydrogens (tertiary/aromatic N) is 1. The molecule has 1 saturated heterocycles. The van der Waals surface area contributed by atoms with Crippen molar-refractivity contribution in [2.75, 3.05) is 39.3 Å². The van der Waals surface area contributed by atoms with E-state index in [4.69, 9.17) is 5.11 Å². The number of rotatable bonds is 3. The second-order valence-corrected chi connectivity index (χ2v) is 2.67. The van der Waals surface area contributed by atoms with Gasteiger partial charge in [-0.05, 0) is 6.42 Å². The summed E-state index contributed by atoms with van der Waals surface area (Å²) in [5.41, 5.74) is 0. The van der Waals surface area contributed by atoms with Crippen molar-refractivity contribution in [1.82, 2.24) is 10.2 Å². The summed E-state index contributed by atoms with van der Waals surface area (Å²) in [5.74, 6) is 0. The summed E-state index contributed by atoms with van der Waals surface area (Å²) in [7, 11) is 0. The smallest absolute Gasteiger partial charge is 0.0443 e. The number of aliphatic hydroxyl groups is 1. The fourth-order valence-corrected chi connectivity index (χ4v) is 1.23. The third kappa shape index (κ3) is 4.83. The van der Waals surface area contributed by atoms with Crippen molar-refractivity contribution in [3.63, 3.8) is 0 Å². The van der Waals surface area contributed by atoms with Crippen LogP contribution in [0.4, 0.5) is 0 Å². The van der Waals surface area contributed by atoms with Crippen LogP contribution in [0.5, 0.6) is 0 Å². The maximum absolute atomic E-state index is 8.55. The van der Waals surface area contributed by atoms with Crippen LogP contribution < -0.4 is 5.32 Å². The molecule has 0 aromatic heterocycles. The molecule has 0 atom stereocenters. The summed E-state index contributed by atoms with van der Waals surface area (Å²) < 4.78 is 0. The van der Waals surface area contributed by atoms with Gasteiger partial charge in [0.05, 0.1) is 0 Å². The Morgan fingerprint density at radius 2 is 1.91 bits per heavy atom. The molecule has 65 valence electrons. The first kappa shape index (κ1) is 11.5. The van der Waals surface area contributed by atoms with E-state index in [1.54, 1.807) is 0 Å². The maximum atomic E-state index is 8.55. The van der Waals surface area contributed by atoms with Gasteiger partial charge in [0, 0.05) is 57.9 Å². The number of hydrogen-bond acceptors (Lipinski definition) is 3. The Balaban J connectivity index is 0.000001000. The summed E-state index contributed by atoms with van der Waals surface area (Å²) in [6, 6.07) is 0. The van der Waals surface area contributed by atoms with E-state index in [1.165, 1.54) is 0 Å². The van der Waals surface area contributed by atoms with E-state index in [1.807, 2.05) is 0 Å². The molecule has 0 saturated carbocycles. The van der Waals surface area contributed by atoms with Gasteiger partial charge in [-0.15, -0.1) is 0 Å². The molecule has 11 heavy (non-hydrogen) atoms. The molecule has 3 nitrogen and oxygen atoms in total. The maximum Gasteiger partial charge on any atom is 0.0443 e. The van der Waals surface area contributed by atoms with Crippen LogP contribution in [-0.4, -0.2) is 49.3 Å². The monoisotopic (exact) mass is 195 g/mol. The Hall–Kier alpha value is 0.464. The molecule has 1 aliphatic heterocycles. The zero-order valence-electron chi connectivity index (χ0n) is 6.79. The molecule has 4 heteroatoms. The van der Waals surface area contributed by atoms with Crippen molar-refractivity contribution in [1.29, 1.82) is 0 Å². The summed E-state index contributed by atoms with van der Waals surface area (Å²) in [4.78, 5) is 2.38. The quantitative estimate of drug-likeness (QED) is 0.623. The van der Waals surface area contributed by atoms with Crippen molar-refractivity contribution in [3.05, 3.63) is 0 Å². The SMILES string of the molecule is OCCCN1CCNCC1.[V]. The normalized spacial score (nSPS) is 19.4. The fourth-order valence-electron chi connectivity index (χ4n) is 1.23. The van der Waals surface area contributed by atoms with Gasteiger partial charge in [-0.1, -0.05) is 0 Å². The van der Waals surface area contributed by atoms with Gasteiger partial charge in [0.2, 0.25) is 0 Å². The average molecular weight is 195 g/mol. The van der Waals surface area contributed by atoms with Gasteiger partial charge >= 0.3 is 0 Å². The Kier molecular flexibility index (Phi) is 7.43. The second-order valence-electron chi connectivity index (χ2n) is 2.67. The molecule has 1 fully saturated rings. The van der Waals surface area contributed by atoms with Crippen LogP contribution in [0.2, 0.25) is 0 Å². The van der Waals surface area contributed by atoms with Gasteiger partial charge in [0.1, 0.15) is 0 Å². The van der Waals surface area contributed by atoms with Crippen LogP contribution in [0.15, 0.2) is 0 Å². The summed E-state index contributed by atoms with van der Waals surface area (Å²) >= 11 is 0. The van der Waals surface area contributed by atoms with Gasteiger partial charge in [0.25, 0.3) is 0 Å². The Labute approximate surface area is 80.0 Å². The van der Waals surface area contributed by atoms with Gasteiger partial charge in [-0.25, -0.2) is 0 Å². The van der Waals surface area contributed by atoms with Gasteiger partial charge in [-0.2, -0.15) is 0 Å². The fraction of sp³-hybridized carbons (Fsp3) is 1.00. The van der Waals surface area contributed by atoms with E-state index in [0.717, 1.165) is 39.1 Å². The average Bonchev–Trinajstić information content (AvgIpc) is 2.03. The number of piperazine rings is 1. The van der Waals surface area contributed by atoms with Crippen LogP contribution >= 0.6 is 0 Å². The van der Waals surface area contributed by atoms with Crippen LogP contribution in [0.25, 0.3) is 0 Å². The summed E-state index contributed by atoms with van der Waals surface area (Å²) in [5, 5.41) is 11.8. The number of aliphatic hydroxyl groups excluding tert-OH is 1. The zero-order chi connectivity index (χ0) is 7.23. The summed E-state index contributed by atoms with van der Waals surface area (Å²) in [6.45, 7) is 5.86. The third-order valence-corrected chi connectivity index (χ3v) is 1.84. The molecule has 0 unspecified atom stereocenters. The largest absolute Gasteiger partial charge is 0.396 e. The Bertz CT molecular complexity index is 86.5. The minimum absolute atomic E-state index is 0. The topological polar surface area (TPSA) is 35.5 Å². The molecule has 1 rings (SSSR count). The number of nitrogens with one attached hydrogen (secondary N) is 1. The van der Waals surface area contributed by atoms with Gasteiger partial charge < -0.3 is 15.3 Å². The minimum atomic E-state index is 0. The molecule has 0 aromatic rings. The first-order chi connectivity index (χ1) is 4.93. The Morgan fingerprint density at radius 3 is 2.45 bits per heavy atom. The van der Waals surface area contributed by atoms with Crippen LogP contribution in [0.3, 0.4) is 0 Å². The van der Waals surface area contributed by atoms with Crippen molar-refractivity contribution in [2.45, 2.75) is 6.42 Å². The first-order valence-electron chi connectivity index (χ1n) is 3.97. The van der Waals surface area contributed by atoms with Crippen molar-refractivity contribution >= 4 is 0 Å². The van der Waals surface area contributed by atoms with Gasteiger partial charge in [-0.3, -0.25) is 0 Å².